The van der Waals surface area contributed by atoms with E-state index < -0.39 is 40.4 Å². The molecule has 2 atom stereocenters. The Morgan fingerprint density at radius 1 is 0.600 bits per heavy atom. The minimum atomic E-state index is -4.63. The fourth-order valence-electron chi connectivity index (χ4n) is 7.72. The highest BCUT2D eigenvalue weighted by Gasteiger charge is 2.53. The number of rotatable bonds is 19. The fourth-order valence-corrected chi connectivity index (χ4v) is 8.13. The highest BCUT2D eigenvalue weighted by atomic mass is 35.5. The van der Waals surface area contributed by atoms with Crippen LogP contribution in [0.2, 0.25) is 10.0 Å². The maximum absolute atomic E-state index is 13.2. The number of nitrogens with zero attached hydrogens (tertiary/aromatic N) is 5. The predicted octanol–water partition coefficient (Wildman–Crippen LogP) is 13.6. The lowest BCUT2D eigenvalue weighted by Crippen LogP contribution is -2.39. The lowest BCUT2D eigenvalue weighted by molar-refractivity contribution is -0.211. The number of benzene rings is 4. The highest BCUT2D eigenvalue weighted by Crippen LogP contribution is 2.42. The summed E-state index contributed by atoms with van der Waals surface area (Å²) in [5, 5.41) is 0.622. The van der Waals surface area contributed by atoms with Crippen LogP contribution >= 0.6 is 23.2 Å². The molecule has 0 bridgehead atoms. The molecule has 2 aliphatic carbocycles. The summed E-state index contributed by atoms with van der Waals surface area (Å²) < 4.78 is 96.5. The molecule has 2 heterocycles. The van der Waals surface area contributed by atoms with Crippen molar-refractivity contribution in [1.29, 1.82) is 0 Å². The van der Waals surface area contributed by atoms with E-state index in [1.54, 1.807) is 60.7 Å². The molecule has 1 N–H and O–H groups in total. The molecule has 2 aromatic heterocycles. The Bertz CT molecular complexity index is 3070. The van der Waals surface area contributed by atoms with E-state index >= 15 is 0 Å². The molecule has 0 spiro atoms. The van der Waals surface area contributed by atoms with Crippen molar-refractivity contribution >= 4 is 34.8 Å². The van der Waals surface area contributed by atoms with Gasteiger partial charge in [-0.15, -0.1) is 0 Å². The van der Waals surface area contributed by atoms with Crippen LogP contribution in [0.25, 0.3) is 45.6 Å². The number of H-pyrrole nitrogens is 1. The van der Waals surface area contributed by atoms with E-state index in [0.717, 1.165) is 33.4 Å². The zero-order valence-corrected chi connectivity index (χ0v) is 43.8. The van der Waals surface area contributed by atoms with Gasteiger partial charge in [0.25, 0.3) is 0 Å². The van der Waals surface area contributed by atoms with Crippen LogP contribution in [-0.2, 0) is 22.4 Å². The van der Waals surface area contributed by atoms with Crippen molar-refractivity contribution in [2.45, 2.75) is 117 Å². The lowest BCUT2D eigenvalue weighted by atomic mass is 9.84. The first-order valence-electron chi connectivity index (χ1n) is 24.3. The number of nitrogens with one attached hydrogen (secondary N) is 1. The second-order valence-corrected chi connectivity index (χ2v) is 20.7. The van der Waals surface area contributed by atoms with Crippen molar-refractivity contribution < 1.29 is 50.1 Å². The summed E-state index contributed by atoms with van der Waals surface area (Å²) in [4.78, 5) is 61.2. The van der Waals surface area contributed by atoms with Gasteiger partial charge in [0.1, 0.15) is 39.7 Å². The summed E-state index contributed by atoms with van der Waals surface area (Å²) in [6, 6.07) is 24.3. The number of hydrogen-bond acceptors (Lipinski definition) is 11. The summed E-state index contributed by atoms with van der Waals surface area (Å²) in [6.45, 7) is 7.66. The molecule has 20 heteroatoms. The summed E-state index contributed by atoms with van der Waals surface area (Å²) in [7, 11) is 1.44. The summed E-state index contributed by atoms with van der Waals surface area (Å²) in [6.07, 6.45) is -4.60. The normalized spacial score (nSPS) is 14.8. The fraction of sp³-hybridized carbons (Fsp3) is 0.418. The number of Topliss-reactive ketones (excluding diaryl/α,β-unsaturated/α-hetero) is 2. The van der Waals surface area contributed by atoms with Gasteiger partial charge in [-0.2, -0.15) is 41.3 Å². The summed E-state index contributed by atoms with van der Waals surface area (Å²) in [5.41, 5.74) is -2.14. The van der Waals surface area contributed by atoms with Gasteiger partial charge in [-0.05, 0) is 176 Å². The summed E-state index contributed by atoms with van der Waals surface area (Å²) in [5.74, 6) is 1.82. The Morgan fingerprint density at radius 2 is 1.01 bits per heavy atom. The van der Waals surface area contributed by atoms with Crippen LogP contribution in [-0.4, -0.2) is 73.1 Å². The number of halogens is 8. The van der Waals surface area contributed by atoms with E-state index in [4.69, 9.17) is 37.4 Å². The van der Waals surface area contributed by atoms with Gasteiger partial charge < -0.3 is 14.2 Å². The number of aryl methyl sites for hydroxylation is 2. The molecule has 12 nitrogen and oxygen atoms in total. The number of carbonyl (C=O) groups is 2. The van der Waals surface area contributed by atoms with Crippen molar-refractivity contribution in [3.63, 3.8) is 0 Å². The SMILES string of the molecule is COc1nc(-c2ccc(O[C@H](C)C3CC3)cc2)nc(-c2cc(CCC(=O)C(C)(C)C(F)(F)F)ccc2Cl)n1.C[C@@H](Oc1ccc(-c2nc(-c3cc(CCC(=O)C(C)(C)C(F)(F)F)ccc3Cl)[nH]c(=O)n2)cc1)C1CC1. The minimum Gasteiger partial charge on any atom is -0.490 e. The molecule has 2 aliphatic rings. The van der Waals surface area contributed by atoms with Gasteiger partial charge in [-0.3, -0.25) is 14.6 Å². The molecule has 2 saturated carbocycles. The zero-order chi connectivity index (χ0) is 54.6. The smallest absolute Gasteiger partial charge is 0.400 e. The van der Waals surface area contributed by atoms with Gasteiger partial charge in [0.2, 0.25) is 0 Å². The number of alkyl halides is 6. The highest BCUT2D eigenvalue weighted by molar-refractivity contribution is 6.33. The van der Waals surface area contributed by atoms with Gasteiger partial charge in [-0.1, -0.05) is 35.3 Å². The van der Waals surface area contributed by atoms with E-state index in [9.17, 15) is 40.7 Å². The third-order valence-corrected chi connectivity index (χ3v) is 14.2. The van der Waals surface area contributed by atoms with E-state index in [-0.39, 0.29) is 66.4 Å². The monoisotopic (exact) mass is 1080 g/mol. The first-order chi connectivity index (χ1) is 35.2. The van der Waals surface area contributed by atoms with Crippen LogP contribution in [0.3, 0.4) is 0 Å². The van der Waals surface area contributed by atoms with Gasteiger partial charge >= 0.3 is 24.1 Å². The van der Waals surface area contributed by atoms with Crippen molar-refractivity contribution in [3.8, 4) is 63.1 Å². The number of methoxy groups -OCH3 is 1. The third kappa shape index (κ3) is 14.1. The number of ether oxygens (including phenoxy) is 3. The first kappa shape index (κ1) is 56.3. The molecule has 0 unspecified atom stereocenters. The standard InChI is InChI=1S/C28H29ClF3N3O3.C27H27ClF3N3O3/c1-16(18-7-8-18)38-20-11-9-19(10-12-20)24-33-25(35-26(34-24)37-4)21-15-17(5-13-22(21)29)6-14-23(36)27(2,3)28(30,31)32;1-15(17-6-7-17)37-19-10-8-18(9-11-19)23-32-24(34-25(36)33-23)20-14-16(4-12-21(20)28)5-13-22(35)26(2,3)27(29,30)31/h5,9-13,15-16,18H,6-8,14H2,1-4H3;4,8-12,14-15,17H,5-7,13H2,1-3H3,(H,32,33,34,36)/t16-;15-/m11/s1. The maximum Gasteiger partial charge on any atom is 0.400 e. The Kier molecular flexibility index (Phi) is 17.1. The van der Waals surface area contributed by atoms with E-state index in [2.05, 4.69) is 36.8 Å². The molecule has 6 aromatic rings. The maximum atomic E-state index is 13.2. The van der Waals surface area contributed by atoms with E-state index in [0.29, 0.717) is 61.8 Å². The largest absolute Gasteiger partial charge is 0.490 e. The molecule has 398 valence electrons. The van der Waals surface area contributed by atoms with E-state index in [1.807, 2.05) is 31.2 Å². The van der Waals surface area contributed by atoms with Crippen LogP contribution in [0, 0.1) is 22.7 Å². The third-order valence-electron chi connectivity index (χ3n) is 13.5. The molecular formula is C55H56Cl2F6N6O6. The number of aromatic amines is 1. The molecule has 2 fully saturated rings. The first-order valence-corrected chi connectivity index (χ1v) is 25.1. The molecule has 75 heavy (non-hydrogen) atoms. The second kappa shape index (κ2) is 22.8. The minimum absolute atomic E-state index is 0.0748. The lowest BCUT2D eigenvalue weighted by Gasteiger charge is -2.26. The number of ketones is 2. The Hall–Kier alpha value is -6.40. The van der Waals surface area contributed by atoms with Gasteiger partial charge in [0.05, 0.1) is 29.4 Å². The molecule has 0 amide bonds. The number of aromatic nitrogens is 6. The Balaban J connectivity index is 0.000000219. The molecule has 8 rings (SSSR count). The molecular weight excluding hydrogens is 1030 g/mol. The van der Waals surface area contributed by atoms with Crippen LogP contribution in [0.15, 0.2) is 89.7 Å². The van der Waals surface area contributed by atoms with Crippen LogP contribution < -0.4 is 19.9 Å². The quantitative estimate of drug-likeness (QED) is 0.0769. The van der Waals surface area contributed by atoms with E-state index in [1.165, 1.54) is 32.8 Å². The van der Waals surface area contributed by atoms with Crippen molar-refractivity contribution in [3.05, 3.63) is 117 Å². The second-order valence-electron chi connectivity index (χ2n) is 19.9. The van der Waals surface area contributed by atoms with Crippen LogP contribution in [0.4, 0.5) is 26.3 Å². The molecule has 0 radical (unpaired) electrons. The number of carbonyl (C=O) groups excluding carboxylic acids is 2. The summed E-state index contributed by atoms with van der Waals surface area (Å²) >= 11 is 12.8. The van der Waals surface area contributed by atoms with Gasteiger partial charge in [0, 0.05) is 35.1 Å². The van der Waals surface area contributed by atoms with Gasteiger partial charge in [-0.25, -0.2) is 14.8 Å². The van der Waals surface area contributed by atoms with Crippen LogP contribution in [0.1, 0.15) is 91.2 Å². The van der Waals surface area contributed by atoms with Crippen molar-refractivity contribution in [1.82, 2.24) is 29.9 Å². The number of hydrogen-bond donors (Lipinski definition) is 1. The average molecular weight is 1080 g/mol. The van der Waals surface area contributed by atoms with Gasteiger partial charge in [0.15, 0.2) is 17.5 Å². The van der Waals surface area contributed by atoms with Crippen LogP contribution in [0.5, 0.6) is 17.5 Å². The van der Waals surface area contributed by atoms with Crippen molar-refractivity contribution in [2.24, 2.45) is 22.7 Å². The average Bonchev–Trinajstić information content (AvgIpc) is 4.30. The Labute approximate surface area is 440 Å². The molecule has 0 saturated heterocycles. The van der Waals surface area contributed by atoms with Crippen molar-refractivity contribution in [2.75, 3.05) is 7.11 Å². The Morgan fingerprint density at radius 3 is 1.44 bits per heavy atom. The molecule has 4 aromatic carbocycles. The topological polar surface area (TPSA) is 159 Å². The molecule has 0 aliphatic heterocycles. The predicted molar refractivity (Wildman–Crippen MR) is 273 cm³/mol. The zero-order valence-electron chi connectivity index (χ0n) is 42.3.